The van der Waals surface area contributed by atoms with Gasteiger partial charge < -0.3 is 10.5 Å². The number of anilines is 1. The van der Waals surface area contributed by atoms with Gasteiger partial charge in [0.15, 0.2) is 0 Å². The standard InChI is InChI=1S/C11H11BrN2O2/c1-16-11(15)9-6-8(4-2-3-5-12)7-14-10(9)13/h6-7H,3,5H2,1H3,(H2,13,14). The summed E-state index contributed by atoms with van der Waals surface area (Å²) in [6.45, 7) is 0. The van der Waals surface area contributed by atoms with Gasteiger partial charge >= 0.3 is 5.97 Å². The molecule has 0 saturated heterocycles. The summed E-state index contributed by atoms with van der Waals surface area (Å²) in [7, 11) is 1.30. The lowest BCUT2D eigenvalue weighted by Gasteiger charge is -2.02. The third kappa shape index (κ3) is 3.24. The molecule has 1 heterocycles. The summed E-state index contributed by atoms with van der Waals surface area (Å²) in [5.74, 6) is 5.46. The predicted octanol–water partition coefficient (Wildman–Crippen LogP) is 1.59. The number of carbonyl (C=O) groups excluding carboxylic acids is 1. The van der Waals surface area contributed by atoms with Crippen LogP contribution in [-0.2, 0) is 4.74 Å². The van der Waals surface area contributed by atoms with Gasteiger partial charge in [0, 0.05) is 23.5 Å². The number of nitrogens with two attached hydrogens (primary N) is 1. The van der Waals surface area contributed by atoms with E-state index in [0.717, 1.165) is 11.8 Å². The van der Waals surface area contributed by atoms with Crippen LogP contribution in [0.1, 0.15) is 22.3 Å². The Morgan fingerprint density at radius 1 is 1.69 bits per heavy atom. The first-order valence-corrected chi connectivity index (χ1v) is 5.70. The Kier molecular flexibility index (Phi) is 4.80. The summed E-state index contributed by atoms with van der Waals surface area (Å²) in [5.41, 5.74) is 6.45. The molecule has 0 atom stereocenters. The van der Waals surface area contributed by atoms with Crippen LogP contribution < -0.4 is 5.73 Å². The highest BCUT2D eigenvalue weighted by Gasteiger charge is 2.10. The molecule has 0 aliphatic rings. The van der Waals surface area contributed by atoms with E-state index in [2.05, 4.69) is 37.5 Å². The third-order valence-electron chi connectivity index (χ3n) is 1.78. The zero-order chi connectivity index (χ0) is 12.0. The fourth-order valence-electron chi connectivity index (χ4n) is 1.03. The molecule has 0 aromatic carbocycles. The molecule has 5 heteroatoms. The highest BCUT2D eigenvalue weighted by molar-refractivity contribution is 9.09. The van der Waals surface area contributed by atoms with Crippen LogP contribution in [0, 0.1) is 11.8 Å². The Hall–Kier alpha value is -1.54. The van der Waals surface area contributed by atoms with Crippen molar-refractivity contribution in [3.8, 4) is 11.8 Å². The van der Waals surface area contributed by atoms with Gasteiger partial charge in [-0.15, -0.1) is 0 Å². The second-order valence-corrected chi connectivity index (χ2v) is 3.68. The van der Waals surface area contributed by atoms with Crippen molar-refractivity contribution in [3.63, 3.8) is 0 Å². The number of alkyl halides is 1. The molecule has 0 radical (unpaired) electrons. The van der Waals surface area contributed by atoms with Crippen LogP contribution >= 0.6 is 15.9 Å². The summed E-state index contributed by atoms with van der Waals surface area (Å²) < 4.78 is 4.58. The second kappa shape index (κ2) is 6.13. The Bertz CT molecular complexity index is 449. The van der Waals surface area contributed by atoms with E-state index in [0.29, 0.717) is 5.56 Å². The number of nitrogen functional groups attached to an aromatic ring is 1. The molecule has 0 unspecified atom stereocenters. The molecule has 0 fully saturated rings. The minimum atomic E-state index is -0.505. The van der Waals surface area contributed by atoms with Gasteiger partial charge in [-0.05, 0) is 6.07 Å². The number of esters is 1. The van der Waals surface area contributed by atoms with E-state index in [1.54, 1.807) is 6.07 Å². The van der Waals surface area contributed by atoms with Gasteiger partial charge in [0.2, 0.25) is 0 Å². The highest BCUT2D eigenvalue weighted by Crippen LogP contribution is 2.11. The normalized spacial score (nSPS) is 9.12. The molecular weight excluding hydrogens is 272 g/mol. The number of methoxy groups -OCH3 is 1. The number of nitrogens with zero attached hydrogens (tertiary/aromatic N) is 1. The number of hydrogen-bond donors (Lipinski definition) is 1. The van der Waals surface area contributed by atoms with Crippen LogP contribution in [0.2, 0.25) is 0 Å². The molecule has 1 rings (SSSR count). The Morgan fingerprint density at radius 3 is 3.06 bits per heavy atom. The summed E-state index contributed by atoms with van der Waals surface area (Å²) in [6.07, 6.45) is 2.26. The van der Waals surface area contributed by atoms with Crippen molar-refractivity contribution in [3.05, 3.63) is 23.4 Å². The van der Waals surface area contributed by atoms with Gasteiger partial charge in [0.05, 0.1) is 7.11 Å². The van der Waals surface area contributed by atoms with Crippen LogP contribution in [0.25, 0.3) is 0 Å². The molecule has 1 aromatic heterocycles. The van der Waals surface area contributed by atoms with Gasteiger partial charge in [-0.2, -0.15) is 0 Å². The molecular formula is C11H11BrN2O2. The minimum absolute atomic E-state index is 0.151. The van der Waals surface area contributed by atoms with E-state index in [-0.39, 0.29) is 11.4 Å². The van der Waals surface area contributed by atoms with Crippen LogP contribution in [0.5, 0.6) is 0 Å². The van der Waals surface area contributed by atoms with E-state index in [1.807, 2.05) is 0 Å². The van der Waals surface area contributed by atoms with E-state index < -0.39 is 5.97 Å². The first kappa shape index (κ1) is 12.5. The Balaban J connectivity index is 2.99. The highest BCUT2D eigenvalue weighted by atomic mass is 79.9. The molecule has 0 aliphatic carbocycles. The zero-order valence-corrected chi connectivity index (χ0v) is 10.4. The number of halogens is 1. The molecule has 0 saturated carbocycles. The van der Waals surface area contributed by atoms with Gasteiger partial charge in [0.1, 0.15) is 11.4 Å². The monoisotopic (exact) mass is 282 g/mol. The summed E-state index contributed by atoms with van der Waals surface area (Å²) in [4.78, 5) is 15.2. The molecule has 1 aromatic rings. The molecule has 0 aliphatic heterocycles. The van der Waals surface area contributed by atoms with Gasteiger partial charge in [-0.3, -0.25) is 0 Å². The summed E-state index contributed by atoms with van der Waals surface area (Å²) in [6, 6.07) is 1.58. The SMILES string of the molecule is COC(=O)c1cc(C#CCCBr)cnc1N. The first-order valence-electron chi connectivity index (χ1n) is 4.57. The molecule has 0 amide bonds. The van der Waals surface area contributed by atoms with Crippen molar-refractivity contribution in [2.45, 2.75) is 6.42 Å². The van der Waals surface area contributed by atoms with Crippen molar-refractivity contribution in [1.82, 2.24) is 4.98 Å². The van der Waals surface area contributed by atoms with Gasteiger partial charge in [-0.1, -0.05) is 27.8 Å². The molecule has 84 valence electrons. The maximum absolute atomic E-state index is 11.3. The number of carbonyl (C=O) groups is 1. The average Bonchev–Trinajstić information content (AvgIpc) is 2.30. The van der Waals surface area contributed by atoms with Crippen LogP contribution in [0.4, 0.5) is 5.82 Å². The minimum Gasteiger partial charge on any atom is -0.465 e. The smallest absolute Gasteiger partial charge is 0.341 e. The largest absolute Gasteiger partial charge is 0.465 e. The molecule has 0 spiro atoms. The summed E-state index contributed by atoms with van der Waals surface area (Å²) >= 11 is 3.27. The third-order valence-corrected chi connectivity index (χ3v) is 2.17. The second-order valence-electron chi connectivity index (χ2n) is 2.89. The number of rotatable bonds is 2. The lowest BCUT2D eigenvalue weighted by Crippen LogP contribution is -2.07. The van der Waals surface area contributed by atoms with Crippen molar-refractivity contribution in [1.29, 1.82) is 0 Å². The van der Waals surface area contributed by atoms with Crippen molar-refractivity contribution in [2.24, 2.45) is 0 Å². The van der Waals surface area contributed by atoms with Crippen molar-refractivity contribution < 1.29 is 9.53 Å². The Labute approximate surface area is 102 Å². The predicted molar refractivity (Wildman–Crippen MR) is 65.3 cm³/mol. The van der Waals surface area contributed by atoms with E-state index >= 15 is 0 Å². The van der Waals surface area contributed by atoms with E-state index in [1.165, 1.54) is 13.3 Å². The van der Waals surface area contributed by atoms with Gasteiger partial charge in [0.25, 0.3) is 0 Å². The molecule has 4 nitrogen and oxygen atoms in total. The van der Waals surface area contributed by atoms with Crippen LogP contribution in [0.3, 0.4) is 0 Å². The Morgan fingerprint density at radius 2 is 2.44 bits per heavy atom. The average molecular weight is 283 g/mol. The maximum Gasteiger partial charge on any atom is 0.341 e. The van der Waals surface area contributed by atoms with Crippen LogP contribution in [0.15, 0.2) is 12.3 Å². The number of pyridine rings is 1. The summed E-state index contributed by atoms with van der Waals surface area (Å²) in [5, 5.41) is 0.812. The zero-order valence-electron chi connectivity index (χ0n) is 8.79. The molecule has 2 N–H and O–H groups in total. The lowest BCUT2D eigenvalue weighted by molar-refractivity contribution is 0.0601. The fourth-order valence-corrected chi connectivity index (χ4v) is 1.23. The number of ether oxygens (including phenoxy) is 1. The topological polar surface area (TPSA) is 65.2 Å². The van der Waals surface area contributed by atoms with E-state index in [4.69, 9.17) is 5.73 Å². The quantitative estimate of drug-likeness (QED) is 0.508. The van der Waals surface area contributed by atoms with E-state index in [9.17, 15) is 4.79 Å². The van der Waals surface area contributed by atoms with Crippen molar-refractivity contribution in [2.75, 3.05) is 18.2 Å². The van der Waals surface area contributed by atoms with Gasteiger partial charge in [-0.25, -0.2) is 9.78 Å². The number of hydrogen-bond acceptors (Lipinski definition) is 4. The fraction of sp³-hybridized carbons (Fsp3) is 0.273. The van der Waals surface area contributed by atoms with Crippen molar-refractivity contribution >= 4 is 27.7 Å². The lowest BCUT2D eigenvalue weighted by atomic mass is 10.2. The first-order chi connectivity index (χ1) is 7.69. The molecule has 0 bridgehead atoms. The van der Waals surface area contributed by atoms with Crippen LogP contribution in [-0.4, -0.2) is 23.4 Å². The maximum atomic E-state index is 11.3. The molecule has 16 heavy (non-hydrogen) atoms. The number of aromatic nitrogens is 1.